The molecule has 0 aliphatic rings. The van der Waals surface area contributed by atoms with Crippen LogP contribution in [-0.4, -0.2) is 36.7 Å². The first-order valence-corrected chi connectivity index (χ1v) is 6.53. The third-order valence-electron chi connectivity index (χ3n) is 2.57. The molecule has 0 atom stereocenters. The minimum Gasteiger partial charge on any atom is -0.459 e. The van der Waals surface area contributed by atoms with E-state index in [9.17, 15) is 30.8 Å². The molecule has 0 rings (SSSR count). The lowest BCUT2D eigenvalue weighted by atomic mass is 9.91. The van der Waals surface area contributed by atoms with Crippen LogP contribution >= 0.6 is 0 Å². The van der Waals surface area contributed by atoms with Gasteiger partial charge in [0.05, 0.1) is 5.41 Å². The maximum Gasteiger partial charge on any atom is 0.435 e. The standard InChI is InChI=1S/C9H14F4O5S/c1-4-7(2,3)6(14)18-5-8(10,11)9(12,13)19(15,16)17/h4-5H2,1-3H3,(H,15,16,17). The molecule has 1 N–H and O–H groups in total. The minimum atomic E-state index is -6.32. The van der Waals surface area contributed by atoms with Crippen LogP contribution in [0.3, 0.4) is 0 Å². The smallest absolute Gasteiger partial charge is 0.435 e. The fraction of sp³-hybridized carbons (Fsp3) is 0.889. The summed E-state index contributed by atoms with van der Waals surface area (Å²) in [6, 6.07) is 0. The Labute approximate surface area is 107 Å². The molecule has 0 bridgehead atoms. The van der Waals surface area contributed by atoms with Gasteiger partial charge in [0, 0.05) is 0 Å². The summed E-state index contributed by atoms with van der Waals surface area (Å²) >= 11 is 0. The maximum atomic E-state index is 13.0. The van der Waals surface area contributed by atoms with Gasteiger partial charge in [0.15, 0.2) is 6.61 Å². The molecule has 0 saturated heterocycles. The molecule has 5 nitrogen and oxygen atoms in total. The highest BCUT2D eigenvalue weighted by Crippen LogP contribution is 2.38. The average Bonchev–Trinajstić information content (AvgIpc) is 2.24. The monoisotopic (exact) mass is 310 g/mol. The van der Waals surface area contributed by atoms with Crippen LogP contribution in [0.25, 0.3) is 0 Å². The number of hydrogen-bond donors (Lipinski definition) is 1. The van der Waals surface area contributed by atoms with Gasteiger partial charge in [0.2, 0.25) is 0 Å². The van der Waals surface area contributed by atoms with Gasteiger partial charge in [-0.25, -0.2) is 0 Å². The van der Waals surface area contributed by atoms with Crippen molar-refractivity contribution in [1.82, 2.24) is 0 Å². The Morgan fingerprint density at radius 1 is 1.21 bits per heavy atom. The number of esters is 1. The summed E-state index contributed by atoms with van der Waals surface area (Å²) in [5.74, 6) is -6.42. The van der Waals surface area contributed by atoms with Crippen LogP contribution in [0.5, 0.6) is 0 Å². The summed E-state index contributed by atoms with van der Waals surface area (Å²) < 4.78 is 83.9. The predicted molar refractivity (Wildman–Crippen MR) is 56.5 cm³/mol. The highest BCUT2D eigenvalue weighted by Gasteiger charge is 2.66. The second-order valence-electron chi connectivity index (χ2n) is 4.51. The Hall–Kier alpha value is -0.900. The number of rotatable bonds is 6. The van der Waals surface area contributed by atoms with Gasteiger partial charge in [-0.1, -0.05) is 6.92 Å². The van der Waals surface area contributed by atoms with Crippen LogP contribution in [0.2, 0.25) is 0 Å². The normalized spacial score (nSPS) is 14.3. The van der Waals surface area contributed by atoms with Crippen LogP contribution in [0.1, 0.15) is 27.2 Å². The van der Waals surface area contributed by atoms with E-state index in [1.165, 1.54) is 13.8 Å². The van der Waals surface area contributed by atoms with Crippen molar-refractivity contribution in [3.63, 3.8) is 0 Å². The van der Waals surface area contributed by atoms with Gasteiger partial charge >= 0.3 is 27.3 Å². The van der Waals surface area contributed by atoms with Crippen molar-refractivity contribution in [2.24, 2.45) is 5.41 Å². The van der Waals surface area contributed by atoms with Gasteiger partial charge in [0.25, 0.3) is 0 Å². The third-order valence-corrected chi connectivity index (χ3v) is 3.52. The van der Waals surface area contributed by atoms with Gasteiger partial charge < -0.3 is 4.74 Å². The summed E-state index contributed by atoms with van der Waals surface area (Å²) in [6.45, 7) is 2.08. The van der Waals surface area contributed by atoms with Crippen LogP contribution in [0.4, 0.5) is 17.6 Å². The summed E-state index contributed by atoms with van der Waals surface area (Å²) in [6.07, 6.45) is 0.200. The number of alkyl halides is 4. The molecule has 19 heavy (non-hydrogen) atoms. The molecule has 0 aromatic heterocycles. The number of carbonyl (C=O) groups excluding carboxylic acids is 1. The second-order valence-corrected chi connectivity index (χ2v) is 5.97. The highest BCUT2D eigenvalue weighted by molar-refractivity contribution is 7.87. The third kappa shape index (κ3) is 3.78. The summed E-state index contributed by atoms with van der Waals surface area (Å²) in [5, 5.41) is -5.74. The largest absolute Gasteiger partial charge is 0.459 e. The molecule has 0 heterocycles. The van der Waals surface area contributed by atoms with Crippen molar-refractivity contribution < 1.29 is 40.1 Å². The van der Waals surface area contributed by atoms with Gasteiger partial charge in [-0.2, -0.15) is 26.0 Å². The first-order chi connectivity index (χ1) is 8.19. The predicted octanol–water partition coefficient (Wildman–Crippen LogP) is 2.08. The number of halogens is 4. The Bertz CT molecular complexity index is 444. The topological polar surface area (TPSA) is 80.7 Å². The van der Waals surface area contributed by atoms with E-state index in [2.05, 4.69) is 4.74 Å². The summed E-state index contributed by atoms with van der Waals surface area (Å²) in [7, 11) is -6.32. The number of hydrogen-bond acceptors (Lipinski definition) is 4. The molecule has 0 aromatic rings. The van der Waals surface area contributed by atoms with Crippen LogP contribution < -0.4 is 0 Å². The lowest BCUT2D eigenvalue weighted by molar-refractivity contribution is -0.201. The Morgan fingerprint density at radius 2 is 1.63 bits per heavy atom. The molecule has 114 valence electrons. The Morgan fingerprint density at radius 3 is 1.95 bits per heavy atom. The van der Waals surface area contributed by atoms with E-state index in [0.29, 0.717) is 0 Å². The molecule has 0 saturated carbocycles. The Kier molecular flexibility index (Phi) is 4.99. The van der Waals surface area contributed by atoms with Crippen molar-refractivity contribution in [3.05, 3.63) is 0 Å². The number of ether oxygens (including phenoxy) is 1. The summed E-state index contributed by atoms with van der Waals surface area (Å²) in [5.41, 5.74) is -1.18. The molecule has 0 radical (unpaired) electrons. The molecule has 10 heteroatoms. The lowest BCUT2D eigenvalue weighted by Gasteiger charge is -2.26. The minimum absolute atomic E-state index is 0.200. The quantitative estimate of drug-likeness (QED) is 0.461. The van der Waals surface area contributed by atoms with E-state index >= 15 is 0 Å². The molecule has 0 fully saturated rings. The highest BCUT2D eigenvalue weighted by atomic mass is 32.2. The SMILES string of the molecule is CCC(C)(C)C(=O)OCC(F)(F)C(F)(F)S(=O)(=O)O. The molecule has 0 unspecified atom stereocenters. The molecule has 0 amide bonds. The van der Waals surface area contributed by atoms with Gasteiger partial charge in [-0.05, 0) is 20.3 Å². The molecular weight excluding hydrogens is 296 g/mol. The first kappa shape index (κ1) is 18.1. The second kappa shape index (κ2) is 5.23. The van der Waals surface area contributed by atoms with Crippen molar-refractivity contribution in [2.75, 3.05) is 6.61 Å². The van der Waals surface area contributed by atoms with Crippen molar-refractivity contribution >= 4 is 16.1 Å². The van der Waals surface area contributed by atoms with Gasteiger partial charge in [0.1, 0.15) is 0 Å². The van der Waals surface area contributed by atoms with E-state index in [-0.39, 0.29) is 6.42 Å². The molecule has 0 aliphatic heterocycles. The van der Waals surface area contributed by atoms with E-state index in [4.69, 9.17) is 4.55 Å². The van der Waals surface area contributed by atoms with Crippen LogP contribution in [0.15, 0.2) is 0 Å². The van der Waals surface area contributed by atoms with Gasteiger partial charge in [-0.3, -0.25) is 9.35 Å². The molecular formula is C9H14F4O5S. The van der Waals surface area contributed by atoms with Crippen molar-refractivity contribution in [2.45, 2.75) is 38.4 Å². The first-order valence-electron chi connectivity index (χ1n) is 5.09. The zero-order valence-electron chi connectivity index (χ0n) is 10.4. The zero-order chi connectivity index (χ0) is 15.7. The Balaban J connectivity index is 4.97. The van der Waals surface area contributed by atoms with Crippen LogP contribution in [0, 0.1) is 5.41 Å². The van der Waals surface area contributed by atoms with E-state index in [1.807, 2.05) is 0 Å². The van der Waals surface area contributed by atoms with E-state index < -0.39 is 39.3 Å². The fourth-order valence-electron chi connectivity index (χ4n) is 0.769. The summed E-state index contributed by atoms with van der Waals surface area (Å²) in [4.78, 5) is 11.3. The van der Waals surface area contributed by atoms with Crippen LogP contribution in [-0.2, 0) is 19.6 Å². The van der Waals surface area contributed by atoms with Gasteiger partial charge in [-0.15, -0.1) is 0 Å². The lowest BCUT2D eigenvalue weighted by Crippen LogP contribution is -2.50. The van der Waals surface area contributed by atoms with Crippen molar-refractivity contribution in [3.8, 4) is 0 Å². The zero-order valence-corrected chi connectivity index (χ0v) is 11.2. The average molecular weight is 310 g/mol. The van der Waals surface area contributed by atoms with E-state index in [0.717, 1.165) is 0 Å². The molecule has 0 spiro atoms. The maximum absolute atomic E-state index is 13.0. The van der Waals surface area contributed by atoms with Crippen molar-refractivity contribution in [1.29, 1.82) is 0 Å². The number of carbonyl (C=O) groups is 1. The molecule has 0 aromatic carbocycles. The van der Waals surface area contributed by atoms with E-state index in [1.54, 1.807) is 6.92 Å². The molecule has 0 aliphatic carbocycles. The fourth-order valence-corrected chi connectivity index (χ4v) is 1.20.